The van der Waals surface area contributed by atoms with Crippen LogP contribution in [0.25, 0.3) is 0 Å². The smallest absolute Gasteiger partial charge is 0.260 e. The predicted molar refractivity (Wildman–Crippen MR) is 91.9 cm³/mol. The molecule has 0 unspecified atom stereocenters. The summed E-state index contributed by atoms with van der Waals surface area (Å²) in [6.07, 6.45) is 6.36. The Morgan fingerprint density at radius 3 is 2.76 bits per heavy atom. The van der Waals surface area contributed by atoms with Gasteiger partial charge in [0.2, 0.25) is 5.88 Å². The fourth-order valence-electron chi connectivity index (χ4n) is 3.51. The van der Waals surface area contributed by atoms with Crippen molar-refractivity contribution in [2.45, 2.75) is 50.3 Å². The first-order valence-corrected chi connectivity index (χ1v) is 10.1. The molecule has 134 valence electrons. The summed E-state index contributed by atoms with van der Waals surface area (Å²) >= 11 is 0. The second kappa shape index (κ2) is 6.42. The first-order chi connectivity index (χ1) is 12.1. The van der Waals surface area contributed by atoms with Crippen molar-refractivity contribution in [3.05, 3.63) is 35.9 Å². The van der Waals surface area contributed by atoms with Crippen LogP contribution in [0.15, 0.2) is 29.6 Å². The van der Waals surface area contributed by atoms with Crippen molar-refractivity contribution in [1.82, 2.24) is 18.8 Å². The van der Waals surface area contributed by atoms with Gasteiger partial charge in [-0.05, 0) is 32.3 Å². The van der Waals surface area contributed by atoms with Crippen molar-refractivity contribution >= 4 is 10.0 Å². The average Bonchev–Trinajstić information content (AvgIpc) is 3.21. The van der Waals surface area contributed by atoms with Crippen LogP contribution in [0.1, 0.15) is 30.7 Å². The van der Waals surface area contributed by atoms with E-state index in [1.165, 1.54) is 6.20 Å². The first kappa shape index (κ1) is 16.5. The number of rotatable bonds is 4. The molecule has 4 rings (SSSR count). The Bertz CT molecular complexity index is 870. The molecular formula is C17H22N4O3S. The Morgan fingerprint density at radius 1 is 1.20 bits per heavy atom. The molecule has 0 radical (unpaired) electrons. The van der Waals surface area contributed by atoms with E-state index in [2.05, 4.69) is 9.97 Å². The molecule has 2 aromatic rings. The molecule has 0 aliphatic carbocycles. The van der Waals surface area contributed by atoms with Crippen molar-refractivity contribution in [2.75, 3.05) is 13.1 Å². The molecule has 0 N–H and O–H groups in total. The maximum absolute atomic E-state index is 12.9. The van der Waals surface area contributed by atoms with Crippen LogP contribution in [0.4, 0.5) is 0 Å². The SMILES string of the molecule is Cc1cccnc1OC1CCN(S(=O)(=O)c2cnc3n2CCC3)CC1. The molecule has 2 aliphatic rings. The zero-order chi connectivity index (χ0) is 17.4. The van der Waals surface area contributed by atoms with E-state index in [1.54, 1.807) is 10.5 Å². The third-order valence-corrected chi connectivity index (χ3v) is 6.83. The number of piperidine rings is 1. The molecule has 2 aromatic heterocycles. The molecule has 7 nitrogen and oxygen atoms in total. The molecule has 1 saturated heterocycles. The molecule has 1 fully saturated rings. The van der Waals surface area contributed by atoms with Gasteiger partial charge in [0.15, 0.2) is 5.03 Å². The number of aromatic nitrogens is 3. The minimum atomic E-state index is -3.49. The first-order valence-electron chi connectivity index (χ1n) is 8.68. The fourth-order valence-corrected chi connectivity index (χ4v) is 5.13. The van der Waals surface area contributed by atoms with Crippen LogP contribution in [0.2, 0.25) is 0 Å². The lowest BCUT2D eigenvalue weighted by Gasteiger charge is -2.31. The molecule has 0 spiro atoms. The Balaban J connectivity index is 1.44. The molecule has 0 amide bonds. The molecule has 25 heavy (non-hydrogen) atoms. The summed E-state index contributed by atoms with van der Waals surface area (Å²) in [7, 11) is -3.49. The Morgan fingerprint density at radius 2 is 2.00 bits per heavy atom. The minimum Gasteiger partial charge on any atom is -0.474 e. The number of aryl methyl sites for hydroxylation is 2. The average molecular weight is 362 g/mol. The quantitative estimate of drug-likeness (QED) is 0.828. The van der Waals surface area contributed by atoms with Crippen LogP contribution in [-0.2, 0) is 23.0 Å². The summed E-state index contributed by atoms with van der Waals surface area (Å²) in [4.78, 5) is 8.52. The van der Waals surface area contributed by atoms with Gasteiger partial charge in [-0.3, -0.25) is 0 Å². The number of sulfonamides is 1. The number of ether oxygens (including phenoxy) is 1. The summed E-state index contributed by atoms with van der Waals surface area (Å²) in [6.45, 7) is 3.61. The highest BCUT2D eigenvalue weighted by molar-refractivity contribution is 7.89. The maximum atomic E-state index is 12.9. The van der Waals surface area contributed by atoms with E-state index in [-0.39, 0.29) is 6.10 Å². The monoisotopic (exact) mass is 362 g/mol. The van der Waals surface area contributed by atoms with Crippen LogP contribution in [0.5, 0.6) is 5.88 Å². The lowest BCUT2D eigenvalue weighted by molar-refractivity contribution is 0.129. The fraction of sp³-hybridized carbons (Fsp3) is 0.529. The largest absolute Gasteiger partial charge is 0.474 e. The molecule has 0 aromatic carbocycles. The minimum absolute atomic E-state index is 0.00351. The second-order valence-corrected chi connectivity index (χ2v) is 8.50. The zero-order valence-electron chi connectivity index (χ0n) is 14.3. The van der Waals surface area contributed by atoms with Crippen LogP contribution in [0, 0.1) is 6.92 Å². The normalized spacial score (nSPS) is 19.1. The molecule has 0 saturated carbocycles. The summed E-state index contributed by atoms with van der Waals surface area (Å²) in [5, 5.41) is 0.333. The van der Waals surface area contributed by atoms with E-state index in [0.29, 0.717) is 36.8 Å². The van der Waals surface area contributed by atoms with E-state index in [4.69, 9.17) is 4.74 Å². The van der Waals surface area contributed by atoms with Gasteiger partial charge in [0.05, 0.1) is 6.20 Å². The van der Waals surface area contributed by atoms with Crippen LogP contribution in [0.3, 0.4) is 0 Å². The Kier molecular flexibility index (Phi) is 4.24. The third-order valence-electron chi connectivity index (χ3n) is 4.93. The highest BCUT2D eigenvalue weighted by atomic mass is 32.2. The number of imidazole rings is 1. The number of nitrogens with zero attached hydrogens (tertiary/aromatic N) is 4. The standard InChI is InChI=1S/C17H22N4O3S/c1-13-4-2-8-18-17(13)24-14-6-10-20(11-7-14)25(22,23)16-12-19-15-5-3-9-21(15)16/h2,4,8,12,14H,3,5-7,9-11H2,1H3. The van der Waals surface area contributed by atoms with Crippen LogP contribution >= 0.6 is 0 Å². The van der Waals surface area contributed by atoms with E-state index >= 15 is 0 Å². The van der Waals surface area contributed by atoms with E-state index in [9.17, 15) is 8.42 Å². The highest BCUT2D eigenvalue weighted by Gasteiger charge is 2.34. The number of fused-ring (bicyclic) bond motifs is 1. The van der Waals surface area contributed by atoms with Gasteiger partial charge in [0.25, 0.3) is 10.0 Å². The Labute approximate surface area is 147 Å². The van der Waals surface area contributed by atoms with E-state index < -0.39 is 10.0 Å². The van der Waals surface area contributed by atoms with Crippen molar-refractivity contribution in [3.63, 3.8) is 0 Å². The lowest BCUT2D eigenvalue weighted by atomic mass is 10.1. The summed E-state index contributed by atoms with van der Waals surface area (Å²) in [5.74, 6) is 1.51. The van der Waals surface area contributed by atoms with Gasteiger partial charge in [-0.25, -0.2) is 18.4 Å². The highest BCUT2D eigenvalue weighted by Crippen LogP contribution is 2.26. The van der Waals surface area contributed by atoms with Crippen molar-refractivity contribution in [1.29, 1.82) is 0 Å². The molecule has 2 aliphatic heterocycles. The van der Waals surface area contributed by atoms with Crippen molar-refractivity contribution < 1.29 is 13.2 Å². The van der Waals surface area contributed by atoms with Gasteiger partial charge in [-0.1, -0.05) is 6.07 Å². The topological polar surface area (TPSA) is 77.3 Å². The van der Waals surface area contributed by atoms with Crippen molar-refractivity contribution in [2.24, 2.45) is 0 Å². The summed E-state index contributed by atoms with van der Waals surface area (Å²) < 4.78 is 35.2. The van der Waals surface area contributed by atoms with Gasteiger partial charge in [-0.2, -0.15) is 4.31 Å². The molecular weight excluding hydrogens is 340 g/mol. The molecule has 4 heterocycles. The molecule has 8 heteroatoms. The van der Waals surface area contributed by atoms with Gasteiger partial charge in [0.1, 0.15) is 11.9 Å². The van der Waals surface area contributed by atoms with Crippen LogP contribution in [-0.4, -0.2) is 46.5 Å². The number of hydrogen-bond acceptors (Lipinski definition) is 5. The number of hydrogen-bond donors (Lipinski definition) is 0. The molecule has 0 atom stereocenters. The molecule has 0 bridgehead atoms. The number of pyridine rings is 1. The maximum Gasteiger partial charge on any atom is 0.260 e. The van der Waals surface area contributed by atoms with Gasteiger partial charge >= 0.3 is 0 Å². The van der Waals surface area contributed by atoms with Gasteiger partial charge in [0, 0.05) is 37.8 Å². The zero-order valence-corrected chi connectivity index (χ0v) is 15.1. The summed E-state index contributed by atoms with van der Waals surface area (Å²) in [5.41, 5.74) is 0.993. The van der Waals surface area contributed by atoms with Crippen LogP contribution < -0.4 is 4.74 Å². The third kappa shape index (κ3) is 3.04. The van der Waals surface area contributed by atoms with Gasteiger partial charge in [-0.15, -0.1) is 0 Å². The van der Waals surface area contributed by atoms with Crippen molar-refractivity contribution in [3.8, 4) is 5.88 Å². The van der Waals surface area contributed by atoms with E-state index in [0.717, 1.165) is 30.8 Å². The lowest BCUT2D eigenvalue weighted by Crippen LogP contribution is -2.42. The summed E-state index contributed by atoms with van der Waals surface area (Å²) in [6, 6.07) is 3.84. The van der Waals surface area contributed by atoms with E-state index in [1.807, 2.05) is 23.6 Å². The second-order valence-electron chi connectivity index (χ2n) is 6.61. The Hall–Kier alpha value is -1.93. The van der Waals surface area contributed by atoms with Gasteiger partial charge < -0.3 is 9.30 Å². The predicted octanol–water partition coefficient (Wildman–Crippen LogP) is 1.76.